The summed E-state index contributed by atoms with van der Waals surface area (Å²) in [6.07, 6.45) is 9.28. The number of hydrogen-bond donors (Lipinski definition) is 1. The van der Waals surface area contributed by atoms with E-state index in [-0.39, 0.29) is 0 Å². The van der Waals surface area contributed by atoms with Crippen LogP contribution in [0.25, 0.3) is 0 Å². The Morgan fingerprint density at radius 1 is 1.23 bits per heavy atom. The second kappa shape index (κ2) is 8.30. The van der Waals surface area contributed by atoms with Crippen molar-refractivity contribution < 1.29 is 0 Å². The molecule has 120 valence electrons. The minimum Gasteiger partial charge on any atom is -0.310 e. The molecule has 2 heteroatoms. The Morgan fingerprint density at radius 3 is 2.73 bits per heavy atom. The highest BCUT2D eigenvalue weighted by Crippen LogP contribution is 2.34. The fourth-order valence-electron chi connectivity index (χ4n) is 3.13. The van der Waals surface area contributed by atoms with Gasteiger partial charge in [-0.15, -0.1) is 0 Å². The number of likely N-dealkylation sites (N-methyl/N-ethyl adjacent to an activating group) is 1. The van der Waals surface area contributed by atoms with Gasteiger partial charge < -0.3 is 10.2 Å². The maximum atomic E-state index is 3.67. The van der Waals surface area contributed by atoms with Crippen molar-refractivity contribution in [3.05, 3.63) is 59.2 Å². The lowest BCUT2D eigenvalue weighted by Gasteiger charge is -2.24. The van der Waals surface area contributed by atoms with E-state index in [9.17, 15) is 0 Å². The van der Waals surface area contributed by atoms with Crippen molar-refractivity contribution in [1.29, 1.82) is 0 Å². The zero-order chi connectivity index (χ0) is 15.9. The molecule has 1 aromatic rings. The van der Waals surface area contributed by atoms with Gasteiger partial charge in [0, 0.05) is 18.5 Å². The molecule has 0 bridgehead atoms. The highest BCUT2D eigenvalue weighted by molar-refractivity contribution is 5.46. The monoisotopic (exact) mass is 298 g/mol. The molecule has 1 N–H and O–H groups in total. The van der Waals surface area contributed by atoms with Gasteiger partial charge in [-0.1, -0.05) is 55.8 Å². The van der Waals surface area contributed by atoms with E-state index in [0.29, 0.717) is 12.0 Å². The molecule has 2 unspecified atom stereocenters. The Balaban J connectivity index is 2.17. The molecule has 2 rings (SSSR count). The summed E-state index contributed by atoms with van der Waals surface area (Å²) in [5, 5.41) is 3.67. The van der Waals surface area contributed by atoms with E-state index >= 15 is 0 Å². The molecule has 0 aliphatic heterocycles. The molecule has 22 heavy (non-hydrogen) atoms. The largest absolute Gasteiger partial charge is 0.310 e. The molecular weight excluding hydrogens is 268 g/mol. The topological polar surface area (TPSA) is 15.3 Å². The molecule has 1 aromatic carbocycles. The number of rotatable bonds is 8. The molecule has 1 aliphatic rings. The second-order valence-electron chi connectivity index (χ2n) is 6.50. The predicted octanol–water partition coefficient (Wildman–Crippen LogP) is 4.28. The van der Waals surface area contributed by atoms with Crippen molar-refractivity contribution in [1.82, 2.24) is 10.2 Å². The Kier molecular flexibility index (Phi) is 6.41. The molecule has 2 nitrogen and oxygen atoms in total. The predicted molar refractivity (Wildman–Crippen MR) is 96.3 cm³/mol. The van der Waals surface area contributed by atoms with Crippen LogP contribution in [-0.2, 0) is 0 Å². The Morgan fingerprint density at radius 2 is 2.00 bits per heavy atom. The summed E-state index contributed by atoms with van der Waals surface area (Å²) in [6, 6.07) is 9.29. The first-order valence-corrected chi connectivity index (χ1v) is 8.47. The highest BCUT2D eigenvalue weighted by atomic mass is 15.0. The van der Waals surface area contributed by atoms with Crippen LogP contribution in [0.4, 0.5) is 0 Å². The van der Waals surface area contributed by atoms with E-state index < -0.39 is 0 Å². The van der Waals surface area contributed by atoms with Crippen molar-refractivity contribution in [3.8, 4) is 0 Å². The van der Waals surface area contributed by atoms with Gasteiger partial charge in [0.05, 0.1) is 0 Å². The molecule has 0 aromatic heterocycles. The van der Waals surface area contributed by atoms with E-state index in [0.717, 1.165) is 13.1 Å². The van der Waals surface area contributed by atoms with Crippen LogP contribution < -0.4 is 5.32 Å². The molecule has 2 atom stereocenters. The van der Waals surface area contributed by atoms with Crippen LogP contribution >= 0.6 is 0 Å². The molecule has 0 heterocycles. The van der Waals surface area contributed by atoms with Gasteiger partial charge in [-0.2, -0.15) is 0 Å². The number of nitrogens with zero attached hydrogens (tertiary/aromatic N) is 1. The number of unbranched alkanes of at least 4 members (excludes halogenated alkanes) is 1. The van der Waals surface area contributed by atoms with Gasteiger partial charge in [0.25, 0.3) is 0 Å². The molecule has 0 fully saturated rings. The Hall–Kier alpha value is -1.38. The van der Waals surface area contributed by atoms with Crippen LogP contribution in [0.2, 0.25) is 0 Å². The van der Waals surface area contributed by atoms with Crippen LogP contribution in [0.3, 0.4) is 0 Å². The van der Waals surface area contributed by atoms with Crippen LogP contribution in [-0.4, -0.2) is 32.1 Å². The zero-order valence-corrected chi connectivity index (χ0v) is 14.5. The number of benzene rings is 1. The summed E-state index contributed by atoms with van der Waals surface area (Å²) in [6.45, 7) is 6.63. The second-order valence-corrected chi connectivity index (χ2v) is 6.50. The van der Waals surface area contributed by atoms with Gasteiger partial charge in [0.1, 0.15) is 0 Å². The van der Waals surface area contributed by atoms with Crippen molar-refractivity contribution in [2.75, 3.05) is 27.2 Å². The third-order valence-electron chi connectivity index (χ3n) is 4.29. The Labute approximate surface area is 135 Å². The highest BCUT2D eigenvalue weighted by Gasteiger charge is 2.21. The lowest BCUT2D eigenvalue weighted by Crippen LogP contribution is -2.22. The maximum absolute atomic E-state index is 3.67. The Bertz CT molecular complexity index is 528. The molecule has 0 radical (unpaired) electrons. The van der Waals surface area contributed by atoms with Gasteiger partial charge in [0.2, 0.25) is 0 Å². The summed E-state index contributed by atoms with van der Waals surface area (Å²) in [5.41, 5.74) is 4.36. The normalized spacial score (nSPS) is 18.8. The van der Waals surface area contributed by atoms with Crippen molar-refractivity contribution in [2.45, 2.75) is 38.6 Å². The lowest BCUT2D eigenvalue weighted by molar-refractivity contribution is 0.438. The van der Waals surface area contributed by atoms with Gasteiger partial charge in [0.15, 0.2) is 0 Å². The van der Waals surface area contributed by atoms with Crippen molar-refractivity contribution in [3.63, 3.8) is 0 Å². The van der Waals surface area contributed by atoms with E-state index in [1.807, 2.05) is 0 Å². The van der Waals surface area contributed by atoms with Gasteiger partial charge in [-0.25, -0.2) is 0 Å². The lowest BCUT2D eigenvalue weighted by atomic mass is 9.87. The standard InChI is InChI=1S/C20H30N2/c1-5-6-14-21-16(2)18-11-7-8-12-20(18)19-13-9-10-17(19)15-22(3)4/h7-13,16,19,21H,5-6,14-15H2,1-4H3. The van der Waals surface area contributed by atoms with E-state index in [4.69, 9.17) is 0 Å². The molecule has 0 amide bonds. The third-order valence-corrected chi connectivity index (χ3v) is 4.29. The molecule has 0 saturated heterocycles. The first-order chi connectivity index (χ1) is 10.6. The molecule has 0 spiro atoms. The summed E-state index contributed by atoms with van der Waals surface area (Å²) in [5.74, 6) is 0.425. The average Bonchev–Trinajstić information content (AvgIpc) is 2.94. The number of nitrogens with one attached hydrogen (secondary N) is 1. The van der Waals surface area contributed by atoms with Gasteiger partial charge >= 0.3 is 0 Å². The quantitative estimate of drug-likeness (QED) is 0.721. The average molecular weight is 298 g/mol. The van der Waals surface area contributed by atoms with Gasteiger partial charge in [-0.3, -0.25) is 0 Å². The zero-order valence-electron chi connectivity index (χ0n) is 14.5. The summed E-state index contributed by atoms with van der Waals surface area (Å²) in [7, 11) is 4.27. The number of hydrogen-bond acceptors (Lipinski definition) is 2. The minimum absolute atomic E-state index is 0.400. The fourth-order valence-corrected chi connectivity index (χ4v) is 3.13. The third kappa shape index (κ3) is 4.31. The van der Waals surface area contributed by atoms with Crippen LogP contribution in [0.1, 0.15) is 49.8 Å². The number of allylic oxidation sites excluding steroid dienone is 3. The first-order valence-electron chi connectivity index (χ1n) is 8.47. The molecular formula is C20H30N2. The fraction of sp³-hybridized carbons (Fsp3) is 0.500. The first kappa shape index (κ1) is 17.0. The molecule has 1 aliphatic carbocycles. The van der Waals surface area contributed by atoms with Crippen molar-refractivity contribution in [2.24, 2.45) is 0 Å². The molecule has 0 saturated carbocycles. The smallest absolute Gasteiger partial charge is 0.0294 e. The summed E-state index contributed by atoms with van der Waals surface area (Å²) < 4.78 is 0. The minimum atomic E-state index is 0.400. The van der Waals surface area contributed by atoms with Crippen LogP contribution in [0.5, 0.6) is 0 Å². The maximum Gasteiger partial charge on any atom is 0.0294 e. The summed E-state index contributed by atoms with van der Waals surface area (Å²) >= 11 is 0. The van der Waals surface area contributed by atoms with Crippen LogP contribution in [0.15, 0.2) is 48.1 Å². The SMILES string of the molecule is CCCCNC(C)c1ccccc1C1C=CC=C1CN(C)C. The van der Waals surface area contributed by atoms with E-state index in [1.54, 1.807) is 0 Å². The van der Waals surface area contributed by atoms with Gasteiger partial charge in [-0.05, 0) is 50.7 Å². The summed E-state index contributed by atoms with van der Waals surface area (Å²) in [4.78, 5) is 2.25. The van der Waals surface area contributed by atoms with Crippen LogP contribution in [0, 0.1) is 0 Å². The van der Waals surface area contributed by atoms with E-state index in [1.165, 1.54) is 29.5 Å². The van der Waals surface area contributed by atoms with Crippen molar-refractivity contribution >= 4 is 0 Å². The van der Waals surface area contributed by atoms with E-state index in [2.05, 4.69) is 80.7 Å².